The molecule has 14 heavy (non-hydrogen) atoms. The molecular weight excluding hydrogens is 206 g/mol. The van der Waals surface area contributed by atoms with Crippen molar-refractivity contribution < 1.29 is 13.5 Å². The Bertz CT molecular complexity index is 441. The summed E-state index contributed by atoms with van der Waals surface area (Å²) in [5.41, 5.74) is 0.486. The van der Waals surface area contributed by atoms with E-state index in [9.17, 15) is 13.5 Å². The van der Waals surface area contributed by atoms with Gasteiger partial charge in [0.15, 0.2) is 0 Å². The molecule has 0 saturated carbocycles. The Morgan fingerprint density at radius 2 is 2.00 bits per heavy atom. The molecule has 0 atom stereocenters. The second-order valence-electron chi connectivity index (χ2n) is 2.52. The number of phenols is 1. The maximum atomic E-state index is 10.4. The minimum atomic E-state index is -3.93. The zero-order valence-electron chi connectivity index (χ0n) is 7.16. The molecule has 0 aromatic heterocycles. The van der Waals surface area contributed by atoms with E-state index < -0.39 is 10.2 Å². The van der Waals surface area contributed by atoms with E-state index in [1.54, 1.807) is 18.2 Å². The molecule has 0 amide bonds. The fourth-order valence-corrected chi connectivity index (χ4v) is 1.05. The zero-order chi connectivity index (χ0) is 10.6. The molecule has 1 rings (SSSR count). The molecule has 7 heteroatoms. The summed E-state index contributed by atoms with van der Waals surface area (Å²) in [6, 6.07) is 6.43. The molecular formula is C7H9N3O3S. The number of nitrogens with zero attached hydrogens (tertiary/aromatic N) is 2. The summed E-state index contributed by atoms with van der Waals surface area (Å²) in [6.07, 6.45) is 0. The van der Waals surface area contributed by atoms with E-state index in [1.807, 2.05) is 0 Å². The lowest BCUT2D eigenvalue weighted by Crippen LogP contribution is -2.06. The van der Waals surface area contributed by atoms with Gasteiger partial charge in [-0.2, -0.15) is 13.5 Å². The van der Waals surface area contributed by atoms with Crippen LogP contribution in [0, 0.1) is 0 Å². The summed E-state index contributed by atoms with van der Waals surface area (Å²) < 4.78 is 23.6. The second-order valence-corrected chi connectivity index (χ2v) is 3.72. The van der Waals surface area contributed by atoms with E-state index in [-0.39, 0.29) is 12.3 Å². The van der Waals surface area contributed by atoms with Crippen molar-refractivity contribution in [3.05, 3.63) is 29.8 Å². The number of hydrogen-bond donors (Lipinski definition) is 2. The maximum absolute atomic E-state index is 10.4. The summed E-state index contributed by atoms with van der Waals surface area (Å²) in [6.45, 7) is -0.0247. The van der Waals surface area contributed by atoms with Crippen LogP contribution in [-0.4, -0.2) is 13.5 Å². The number of rotatable bonds is 3. The van der Waals surface area contributed by atoms with E-state index in [0.29, 0.717) is 5.56 Å². The highest BCUT2D eigenvalue weighted by Crippen LogP contribution is 2.16. The van der Waals surface area contributed by atoms with Crippen molar-refractivity contribution in [2.45, 2.75) is 6.54 Å². The molecule has 0 fully saturated rings. The van der Waals surface area contributed by atoms with E-state index in [1.165, 1.54) is 6.07 Å². The molecule has 0 radical (unpaired) electrons. The normalized spacial score (nSPS) is 12.1. The average molecular weight is 215 g/mol. The van der Waals surface area contributed by atoms with Gasteiger partial charge in [-0.3, -0.25) is 0 Å². The number of nitrogens with two attached hydrogens (primary N) is 1. The lowest BCUT2D eigenvalue weighted by molar-refractivity contribution is 0.468. The minimum Gasteiger partial charge on any atom is -0.508 e. The molecule has 0 bridgehead atoms. The van der Waals surface area contributed by atoms with Crippen molar-refractivity contribution >= 4 is 10.2 Å². The number of benzene rings is 1. The standard InChI is InChI=1S/C7H9N3O3S/c8-14(12,13)10-9-5-6-3-1-2-4-7(6)11/h1-4,11H,5H2,(H2,8,12,13)/b10-9+. The molecule has 0 unspecified atom stereocenters. The Labute approximate surface area is 81.3 Å². The third-order valence-electron chi connectivity index (χ3n) is 1.40. The lowest BCUT2D eigenvalue weighted by atomic mass is 10.2. The van der Waals surface area contributed by atoms with Crippen LogP contribution < -0.4 is 5.14 Å². The van der Waals surface area contributed by atoms with Gasteiger partial charge in [0.25, 0.3) is 0 Å². The van der Waals surface area contributed by atoms with E-state index in [0.717, 1.165) is 0 Å². The van der Waals surface area contributed by atoms with E-state index >= 15 is 0 Å². The SMILES string of the molecule is NS(=O)(=O)/N=N/Cc1ccccc1O. The number of phenolic OH excluding ortho intramolecular Hbond substituents is 1. The first-order chi connectivity index (χ1) is 6.49. The van der Waals surface area contributed by atoms with Crippen molar-refractivity contribution in [2.24, 2.45) is 14.8 Å². The van der Waals surface area contributed by atoms with Gasteiger partial charge < -0.3 is 5.11 Å². The fraction of sp³-hybridized carbons (Fsp3) is 0.143. The van der Waals surface area contributed by atoms with Gasteiger partial charge in [-0.05, 0) is 6.07 Å². The van der Waals surface area contributed by atoms with Crippen LogP contribution in [-0.2, 0) is 16.8 Å². The van der Waals surface area contributed by atoms with Crippen molar-refractivity contribution in [2.75, 3.05) is 0 Å². The molecule has 0 aliphatic rings. The predicted octanol–water partition coefficient (Wildman–Crippen LogP) is 0.548. The highest BCUT2D eigenvalue weighted by atomic mass is 32.2. The van der Waals surface area contributed by atoms with Crippen LogP contribution in [0.1, 0.15) is 5.56 Å². The molecule has 1 aromatic rings. The molecule has 76 valence electrons. The van der Waals surface area contributed by atoms with Crippen molar-refractivity contribution in [1.29, 1.82) is 0 Å². The van der Waals surface area contributed by atoms with Gasteiger partial charge in [-0.15, -0.1) is 0 Å². The van der Waals surface area contributed by atoms with E-state index in [4.69, 9.17) is 0 Å². The number of hydrogen-bond acceptors (Lipinski definition) is 4. The average Bonchev–Trinajstić information content (AvgIpc) is 2.06. The Balaban J connectivity index is 2.72. The zero-order valence-corrected chi connectivity index (χ0v) is 7.98. The Morgan fingerprint density at radius 3 is 2.57 bits per heavy atom. The largest absolute Gasteiger partial charge is 0.508 e. The topological polar surface area (TPSA) is 105 Å². The van der Waals surface area contributed by atoms with E-state index in [2.05, 4.69) is 14.8 Å². The van der Waals surface area contributed by atoms with Crippen LogP contribution in [0.25, 0.3) is 0 Å². The summed E-state index contributed by atoms with van der Waals surface area (Å²) in [5, 5.41) is 17.2. The lowest BCUT2D eigenvalue weighted by Gasteiger charge is -1.97. The molecule has 3 N–H and O–H groups in total. The molecule has 6 nitrogen and oxygen atoms in total. The predicted molar refractivity (Wildman–Crippen MR) is 49.8 cm³/mol. The van der Waals surface area contributed by atoms with Gasteiger partial charge in [0, 0.05) is 5.56 Å². The third-order valence-corrected chi connectivity index (χ3v) is 1.75. The third kappa shape index (κ3) is 3.50. The highest BCUT2D eigenvalue weighted by molar-refractivity contribution is 7.87. The summed E-state index contributed by atoms with van der Waals surface area (Å²) in [7, 11) is -3.93. The highest BCUT2D eigenvalue weighted by Gasteiger charge is 1.99. The van der Waals surface area contributed by atoms with Crippen LogP contribution in [0.15, 0.2) is 33.9 Å². The first-order valence-electron chi connectivity index (χ1n) is 3.67. The summed E-state index contributed by atoms with van der Waals surface area (Å²) in [4.78, 5) is 0. The Morgan fingerprint density at radius 1 is 1.36 bits per heavy atom. The molecule has 0 aliphatic carbocycles. The van der Waals surface area contributed by atoms with Gasteiger partial charge in [0.2, 0.25) is 0 Å². The van der Waals surface area contributed by atoms with Crippen molar-refractivity contribution in [1.82, 2.24) is 0 Å². The Hall–Kier alpha value is -1.47. The van der Waals surface area contributed by atoms with Crippen LogP contribution in [0.2, 0.25) is 0 Å². The summed E-state index contributed by atoms with van der Waals surface area (Å²) >= 11 is 0. The first-order valence-corrected chi connectivity index (χ1v) is 5.18. The van der Waals surface area contributed by atoms with Gasteiger partial charge in [0.1, 0.15) is 5.75 Å². The molecule has 0 saturated heterocycles. The monoisotopic (exact) mass is 215 g/mol. The van der Waals surface area contributed by atoms with Gasteiger partial charge in [0.05, 0.1) is 6.54 Å². The van der Waals surface area contributed by atoms with Gasteiger partial charge >= 0.3 is 10.2 Å². The number of aromatic hydroxyl groups is 1. The first kappa shape index (κ1) is 10.6. The molecule has 0 heterocycles. The van der Waals surface area contributed by atoms with Gasteiger partial charge in [-0.1, -0.05) is 22.7 Å². The van der Waals surface area contributed by atoms with Gasteiger partial charge in [-0.25, -0.2) is 5.14 Å². The quantitative estimate of drug-likeness (QED) is 0.719. The maximum Gasteiger partial charge on any atom is 0.334 e. The minimum absolute atomic E-state index is 0.0247. The summed E-state index contributed by atoms with van der Waals surface area (Å²) in [5.74, 6) is 0.0425. The molecule has 0 aliphatic heterocycles. The van der Waals surface area contributed by atoms with Crippen LogP contribution in [0.3, 0.4) is 0 Å². The van der Waals surface area contributed by atoms with Crippen LogP contribution in [0.4, 0.5) is 0 Å². The molecule has 0 spiro atoms. The Kier molecular flexibility index (Phi) is 3.15. The number of para-hydroxylation sites is 1. The van der Waals surface area contributed by atoms with Crippen LogP contribution >= 0.6 is 0 Å². The van der Waals surface area contributed by atoms with Crippen LogP contribution in [0.5, 0.6) is 5.75 Å². The fourth-order valence-electron chi connectivity index (χ4n) is 0.830. The molecule has 1 aromatic carbocycles. The smallest absolute Gasteiger partial charge is 0.334 e. The second kappa shape index (κ2) is 4.16. The van der Waals surface area contributed by atoms with Crippen molar-refractivity contribution in [3.63, 3.8) is 0 Å². The van der Waals surface area contributed by atoms with Crippen molar-refractivity contribution in [3.8, 4) is 5.75 Å².